The van der Waals surface area contributed by atoms with Crippen molar-refractivity contribution in [3.8, 4) is 0 Å². The molecule has 1 aromatic carbocycles. The van der Waals surface area contributed by atoms with E-state index < -0.39 is 23.8 Å². The van der Waals surface area contributed by atoms with Crippen LogP contribution >= 0.6 is 0 Å². The minimum absolute atomic E-state index is 0.0776. The summed E-state index contributed by atoms with van der Waals surface area (Å²) in [6, 6.07) is 8.02. The summed E-state index contributed by atoms with van der Waals surface area (Å²) in [5, 5.41) is 13.3. The number of rotatable bonds is 6. The van der Waals surface area contributed by atoms with E-state index in [0.29, 0.717) is 0 Å². The number of carbonyl (C=O) groups excluding carboxylic acids is 2. The van der Waals surface area contributed by atoms with Gasteiger partial charge >= 0.3 is 5.97 Å². The number of carboxylic acid groups (broad SMARTS) is 1. The van der Waals surface area contributed by atoms with Crippen molar-refractivity contribution in [1.29, 1.82) is 0 Å². The maximum atomic E-state index is 12.3. The van der Waals surface area contributed by atoms with E-state index in [0.717, 1.165) is 21.8 Å². The summed E-state index contributed by atoms with van der Waals surface area (Å²) < 4.78 is 0. The molecule has 0 bridgehead atoms. The van der Waals surface area contributed by atoms with Crippen LogP contribution in [0.2, 0.25) is 0 Å². The van der Waals surface area contributed by atoms with Crippen LogP contribution in [-0.4, -0.2) is 38.9 Å². The fourth-order valence-corrected chi connectivity index (χ4v) is 2.65. The topological polar surface area (TPSA) is 138 Å². The predicted octanol–water partition coefficient (Wildman–Crippen LogP) is 1.16. The van der Waals surface area contributed by atoms with E-state index >= 15 is 0 Å². The van der Waals surface area contributed by atoms with Crippen LogP contribution in [0, 0.1) is 0 Å². The summed E-state index contributed by atoms with van der Waals surface area (Å²) in [6.07, 6.45) is 1.32. The molecular weight excluding hydrogens is 324 g/mol. The van der Waals surface area contributed by atoms with Gasteiger partial charge in [-0.15, -0.1) is 0 Å². The lowest BCUT2D eigenvalue weighted by Crippen LogP contribution is -2.41. The van der Waals surface area contributed by atoms with Crippen molar-refractivity contribution in [3.05, 3.63) is 42.2 Å². The summed E-state index contributed by atoms with van der Waals surface area (Å²) in [5.41, 5.74) is 6.82. The first-order valence-corrected chi connectivity index (χ1v) is 7.64. The van der Waals surface area contributed by atoms with E-state index in [1.54, 1.807) is 6.07 Å². The normalized spacial score (nSPS) is 12.2. The first kappa shape index (κ1) is 16.4. The van der Waals surface area contributed by atoms with Gasteiger partial charge in [0.25, 0.3) is 5.91 Å². The maximum absolute atomic E-state index is 12.3. The van der Waals surface area contributed by atoms with Crippen LogP contribution in [-0.2, 0) is 9.59 Å². The monoisotopic (exact) mass is 340 g/mol. The number of nitrogens with zero attached hydrogens (tertiary/aromatic N) is 1. The van der Waals surface area contributed by atoms with Crippen molar-refractivity contribution in [3.63, 3.8) is 0 Å². The molecule has 0 aliphatic heterocycles. The Morgan fingerprint density at radius 1 is 1.20 bits per heavy atom. The lowest BCUT2D eigenvalue weighted by molar-refractivity contribution is -0.139. The summed E-state index contributed by atoms with van der Waals surface area (Å²) in [5.74, 6) is -2.48. The molecule has 0 fully saturated rings. The largest absolute Gasteiger partial charge is 0.480 e. The number of primary amides is 1. The number of nitrogens with one attached hydrogen (secondary N) is 2. The molecule has 0 spiro atoms. The third-order valence-corrected chi connectivity index (χ3v) is 3.91. The number of benzene rings is 1. The number of carboxylic acids is 1. The molecule has 1 atom stereocenters. The van der Waals surface area contributed by atoms with Crippen molar-refractivity contribution < 1.29 is 19.5 Å². The number of H-pyrrole nitrogens is 1. The number of carbonyl (C=O) groups is 3. The number of aliphatic carboxylic acids is 1. The molecule has 8 heteroatoms. The van der Waals surface area contributed by atoms with Gasteiger partial charge in [-0.3, -0.25) is 9.59 Å². The highest BCUT2D eigenvalue weighted by molar-refractivity contribution is 6.09. The van der Waals surface area contributed by atoms with E-state index in [1.807, 2.05) is 24.3 Å². The van der Waals surface area contributed by atoms with Gasteiger partial charge in [0.15, 0.2) is 0 Å². The van der Waals surface area contributed by atoms with Gasteiger partial charge in [-0.1, -0.05) is 18.2 Å². The van der Waals surface area contributed by atoms with Crippen LogP contribution in [0.25, 0.3) is 21.8 Å². The third-order valence-electron chi connectivity index (χ3n) is 3.91. The summed E-state index contributed by atoms with van der Waals surface area (Å²) in [7, 11) is 0. The highest BCUT2D eigenvalue weighted by Gasteiger charge is 2.22. The van der Waals surface area contributed by atoms with Gasteiger partial charge in [0, 0.05) is 22.7 Å². The van der Waals surface area contributed by atoms with Crippen LogP contribution in [0.15, 0.2) is 36.5 Å². The molecule has 25 heavy (non-hydrogen) atoms. The van der Waals surface area contributed by atoms with Crippen LogP contribution in [0.5, 0.6) is 0 Å². The smallest absolute Gasteiger partial charge is 0.326 e. The average Bonchev–Trinajstić information content (AvgIpc) is 2.95. The molecule has 128 valence electrons. The molecular formula is C17H16N4O4. The second-order valence-electron chi connectivity index (χ2n) is 5.65. The number of fused-ring (bicyclic) bond motifs is 3. The van der Waals surface area contributed by atoms with Gasteiger partial charge in [0.2, 0.25) is 5.91 Å². The number of pyridine rings is 1. The molecule has 0 saturated heterocycles. The molecule has 5 N–H and O–H groups in total. The summed E-state index contributed by atoms with van der Waals surface area (Å²) >= 11 is 0. The van der Waals surface area contributed by atoms with Gasteiger partial charge in [0.1, 0.15) is 11.7 Å². The molecule has 3 aromatic rings. The molecule has 0 radical (unpaired) electrons. The average molecular weight is 340 g/mol. The van der Waals surface area contributed by atoms with E-state index in [-0.39, 0.29) is 18.5 Å². The highest BCUT2D eigenvalue weighted by Crippen LogP contribution is 2.25. The van der Waals surface area contributed by atoms with Gasteiger partial charge in [-0.2, -0.15) is 0 Å². The molecule has 1 unspecified atom stereocenters. The minimum Gasteiger partial charge on any atom is -0.480 e. The van der Waals surface area contributed by atoms with Gasteiger partial charge in [-0.05, 0) is 18.6 Å². The molecule has 2 amide bonds. The lowest BCUT2D eigenvalue weighted by atomic mass is 10.1. The fraction of sp³-hybridized carbons (Fsp3) is 0.176. The Kier molecular flexibility index (Phi) is 4.34. The molecule has 0 aliphatic carbocycles. The zero-order chi connectivity index (χ0) is 18.0. The number of aromatic nitrogens is 2. The predicted molar refractivity (Wildman–Crippen MR) is 90.9 cm³/mol. The molecule has 3 rings (SSSR count). The Bertz CT molecular complexity index is 979. The van der Waals surface area contributed by atoms with E-state index in [9.17, 15) is 14.4 Å². The van der Waals surface area contributed by atoms with Crippen molar-refractivity contribution in [2.45, 2.75) is 18.9 Å². The van der Waals surface area contributed by atoms with E-state index in [4.69, 9.17) is 10.8 Å². The number of hydrogen-bond donors (Lipinski definition) is 4. The van der Waals surface area contributed by atoms with Gasteiger partial charge < -0.3 is 21.1 Å². The molecule has 2 heterocycles. The Morgan fingerprint density at radius 3 is 2.68 bits per heavy atom. The van der Waals surface area contributed by atoms with Crippen molar-refractivity contribution >= 4 is 39.6 Å². The SMILES string of the molecule is NC(=O)CCC(NC(=O)c1cc2c(cn1)[nH]c1ccccc12)C(=O)O. The standard InChI is InChI=1S/C17H16N4O4/c18-15(22)6-5-12(17(24)25)21-16(23)13-7-10-9-3-1-2-4-11(9)20-14(10)8-19-13/h1-4,7-8,12,20H,5-6H2,(H2,18,22)(H,21,23)(H,24,25). The third kappa shape index (κ3) is 3.42. The molecule has 0 saturated carbocycles. The number of nitrogens with two attached hydrogens (primary N) is 1. The van der Waals surface area contributed by atoms with E-state index in [2.05, 4.69) is 15.3 Å². The fourth-order valence-electron chi connectivity index (χ4n) is 2.65. The van der Waals surface area contributed by atoms with Gasteiger partial charge in [0.05, 0.1) is 11.7 Å². The zero-order valence-corrected chi connectivity index (χ0v) is 13.2. The number of aromatic amines is 1. The first-order chi connectivity index (χ1) is 12.0. The van der Waals surface area contributed by atoms with Crippen LogP contribution in [0.4, 0.5) is 0 Å². The van der Waals surface area contributed by atoms with Crippen molar-refractivity contribution in [1.82, 2.24) is 15.3 Å². The van der Waals surface area contributed by atoms with Crippen LogP contribution in [0.1, 0.15) is 23.3 Å². The molecule has 0 aliphatic rings. The highest BCUT2D eigenvalue weighted by atomic mass is 16.4. The Labute approximate surface area is 142 Å². The lowest BCUT2D eigenvalue weighted by Gasteiger charge is -2.13. The Morgan fingerprint density at radius 2 is 1.96 bits per heavy atom. The minimum atomic E-state index is -1.23. The second-order valence-corrected chi connectivity index (χ2v) is 5.65. The Balaban J connectivity index is 1.87. The number of amides is 2. The summed E-state index contributed by atoms with van der Waals surface area (Å²) in [4.78, 5) is 41.7. The summed E-state index contributed by atoms with van der Waals surface area (Å²) in [6.45, 7) is 0. The van der Waals surface area contributed by atoms with E-state index in [1.165, 1.54) is 6.20 Å². The maximum Gasteiger partial charge on any atom is 0.326 e. The van der Waals surface area contributed by atoms with Gasteiger partial charge in [-0.25, -0.2) is 9.78 Å². The second kappa shape index (κ2) is 6.60. The quantitative estimate of drug-likeness (QED) is 0.533. The zero-order valence-electron chi connectivity index (χ0n) is 13.2. The first-order valence-electron chi connectivity index (χ1n) is 7.64. The number of para-hydroxylation sites is 1. The number of hydrogen-bond acceptors (Lipinski definition) is 4. The van der Waals surface area contributed by atoms with Crippen LogP contribution < -0.4 is 11.1 Å². The van der Waals surface area contributed by atoms with Crippen molar-refractivity contribution in [2.75, 3.05) is 0 Å². The Hall–Kier alpha value is -3.42. The molecule has 8 nitrogen and oxygen atoms in total. The van der Waals surface area contributed by atoms with Crippen molar-refractivity contribution in [2.24, 2.45) is 5.73 Å². The molecule has 2 aromatic heterocycles. The van der Waals surface area contributed by atoms with Crippen LogP contribution in [0.3, 0.4) is 0 Å².